The highest BCUT2D eigenvalue weighted by molar-refractivity contribution is 7.91. The molecule has 0 amide bonds. The molecule has 0 aromatic heterocycles. The molecule has 2 aliphatic rings. The maximum absolute atomic E-state index is 13.6. The molecular weight excluding hydrogens is 472 g/mol. The van der Waals surface area contributed by atoms with E-state index in [-0.39, 0.29) is 9.79 Å². The Hall–Kier alpha value is -3.81. The third kappa shape index (κ3) is 4.43. The number of hydrogen-bond donors (Lipinski definition) is 0. The van der Waals surface area contributed by atoms with E-state index >= 15 is 0 Å². The number of fused-ring (bicyclic) bond motifs is 2. The van der Waals surface area contributed by atoms with Gasteiger partial charge in [0.25, 0.3) is 0 Å². The quantitative estimate of drug-likeness (QED) is 0.376. The maximum atomic E-state index is 13.6. The zero-order valence-electron chi connectivity index (χ0n) is 19.7. The van der Waals surface area contributed by atoms with Crippen molar-refractivity contribution in [1.29, 1.82) is 0 Å². The molecule has 0 radical (unpaired) electrons. The Balaban J connectivity index is 1.25. The number of hydrogen-bond acceptors (Lipinski definition) is 6. The standard InChI is InChI=1S/C29H26N2O4S/c32-36(33,27-12-14-29-24(16-27)19-31(21-35-29)25-9-5-2-6-10-25)26-11-13-28-23(15-26)18-30(20-34-28)17-22-7-3-1-4-8-22/h1-16H,17-21H2. The van der Waals surface area contributed by atoms with Crippen LogP contribution in [-0.2, 0) is 29.5 Å². The Bertz CT molecular complexity index is 1490. The third-order valence-electron chi connectivity index (χ3n) is 6.59. The summed E-state index contributed by atoms with van der Waals surface area (Å²) < 4.78 is 39.1. The van der Waals surface area contributed by atoms with Crippen LogP contribution in [0.15, 0.2) is 107 Å². The maximum Gasteiger partial charge on any atom is 0.206 e. The van der Waals surface area contributed by atoms with Gasteiger partial charge in [-0.2, -0.15) is 0 Å². The SMILES string of the molecule is O=S(=O)(c1ccc2c(c1)CN(Cc1ccccc1)CO2)c1ccc2c(c1)CN(c1ccccc1)CO2. The van der Waals surface area contributed by atoms with Gasteiger partial charge in [-0.3, -0.25) is 4.90 Å². The molecule has 0 spiro atoms. The van der Waals surface area contributed by atoms with Gasteiger partial charge in [-0.15, -0.1) is 0 Å². The van der Waals surface area contributed by atoms with Crippen molar-refractivity contribution in [2.24, 2.45) is 0 Å². The van der Waals surface area contributed by atoms with E-state index in [1.54, 1.807) is 36.4 Å². The fourth-order valence-corrected chi connectivity index (χ4v) is 6.07. The van der Waals surface area contributed by atoms with Crippen LogP contribution in [0.2, 0.25) is 0 Å². The molecule has 182 valence electrons. The van der Waals surface area contributed by atoms with Crippen molar-refractivity contribution in [3.05, 3.63) is 114 Å². The number of nitrogens with zero attached hydrogens (tertiary/aromatic N) is 2. The van der Waals surface area contributed by atoms with Gasteiger partial charge in [0, 0.05) is 36.4 Å². The van der Waals surface area contributed by atoms with Gasteiger partial charge in [0.05, 0.1) is 9.79 Å². The fraction of sp³-hybridized carbons (Fsp3) is 0.172. The molecule has 0 aliphatic carbocycles. The van der Waals surface area contributed by atoms with E-state index in [0.29, 0.717) is 26.6 Å². The van der Waals surface area contributed by atoms with Crippen LogP contribution in [0, 0.1) is 0 Å². The molecule has 0 unspecified atom stereocenters. The van der Waals surface area contributed by atoms with E-state index in [1.165, 1.54) is 5.56 Å². The van der Waals surface area contributed by atoms with Crippen LogP contribution in [0.3, 0.4) is 0 Å². The van der Waals surface area contributed by atoms with E-state index in [0.717, 1.165) is 34.9 Å². The number of para-hydroxylation sites is 1. The highest BCUT2D eigenvalue weighted by Gasteiger charge is 2.25. The number of sulfone groups is 1. The van der Waals surface area contributed by atoms with Gasteiger partial charge in [0.2, 0.25) is 9.84 Å². The fourth-order valence-electron chi connectivity index (χ4n) is 4.70. The number of ether oxygens (including phenoxy) is 2. The van der Waals surface area contributed by atoms with E-state index < -0.39 is 9.84 Å². The Morgan fingerprint density at radius 2 is 1.25 bits per heavy atom. The monoisotopic (exact) mass is 498 g/mol. The summed E-state index contributed by atoms with van der Waals surface area (Å²) in [7, 11) is -3.71. The van der Waals surface area contributed by atoms with Gasteiger partial charge in [0.1, 0.15) is 18.2 Å². The van der Waals surface area contributed by atoms with Crippen molar-refractivity contribution in [1.82, 2.24) is 4.90 Å². The minimum absolute atomic E-state index is 0.262. The second kappa shape index (κ2) is 9.33. The summed E-state index contributed by atoms with van der Waals surface area (Å²) in [4.78, 5) is 4.76. The first-order valence-electron chi connectivity index (χ1n) is 11.9. The number of rotatable bonds is 5. The molecule has 0 atom stereocenters. The van der Waals surface area contributed by atoms with Crippen LogP contribution < -0.4 is 14.4 Å². The summed E-state index contributed by atoms with van der Waals surface area (Å²) in [6.07, 6.45) is 0. The average Bonchev–Trinajstić information content (AvgIpc) is 2.93. The molecule has 4 aromatic rings. The van der Waals surface area contributed by atoms with Crippen LogP contribution in [0.4, 0.5) is 5.69 Å². The molecule has 0 N–H and O–H groups in total. The van der Waals surface area contributed by atoms with Gasteiger partial charge in [0.15, 0.2) is 6.73 Å². The van der Waals surface area contributed by atoms with Gasteiger partial charge >= 0.3 is 0 Å². The molecule has 0 bridgehead atoms. The molecular formula is C29H26N2O4S. The van der Waals surface area contributed by atoms with Gasteiger partial charge in [-0.05, 0) is 54.1 Å². The molecule has 0 fully saturated rings. The average molecular weight is 499 g/mol. The summed E-state index contributed by atoms with van der Waals surface area (Å²) in [5, 5.41) is 0. The molecule has 7 heteroatoms. The van der Waals surface area contributed by atoms with Gasteiger partial charge in [-0.1, -0.05) is 48.5 Å². The van der Waals surface area contributed by atoms with Crippen molar-refractivity contribution in [2.75, 3.05) is 18.4 Å². The van der Waals surface area contributed by atoms with Crippen LogP contribution >= 0.6 is 0 Å². The van der Waals surface area contributed by atoms with Crippen molar-refractivity contribution >= 4 is 15.5 Å². The summed E-state index contributed by atoms with van der Waals surface area (Å²) in [6.45, 7) is 2.83. The molecule has 2 heterocycles. The molecule has 6 nitrogen and oxygen atoms in total. The number of anilines is 1. The first-order valence-corrected chi connectivity index (χ1v) is 13.4. The lowest BCUT2D eigenvalue weighted by atomic mass is 10.1. The zero-order chi connectivity index (χ0) is 24.5. The zero-order valence-corrected chi connectivity index (χ0v) is 20.5. The smallest absolute Gasteiger partial charge is 0.206 e. The lowest BCUT2D eigenvalue weighted by Gasteiger charge is -2.31. The van der Waals surface area contributed by atoms with Crippen molar-refractivity contribution < 1.29 is 17.9 Å². The largest absolute Gasteiger partial charge is 0.478 e. The van der Waals surface area contributed by atoms with Crippen LogP contribution in [-0.4, -0.2) is 26.8 Å². The molecule has 0 saturated heterocycles. The second-order valence-electron chi connectivity index (χ2n) is 9.10. The first kappa shape index (κ1) is 22.6. The normalized spacial score (nSPS) is 15.4. The van der Waals surface area contributed by atoms with E-state index in [1.807, 2.05) is 48.5 Å². The van der Waals surface area contributed by atoms with Crippen LogP contribution in [0.5, 0.6) is 11.5 Å². The van der Waals surface area contributed by atoms with E-state index in [4.69, 9.17) is 9.47 Å². The second-order valence-corrected chi connectivity index (χ2v) is 11.0. The minimum Gasteiger partial charge on any atom is -0.478 e. The summed E-state index contributed by atoms with van der Waals surface area (Å²) in [6, 6.07) is 30.4. The minimum atomic E-state index is -3.71. The predicted octanol–water partition coefficient (Wildman–Crippen LogP) is 5.23. The molecule has 36 heavy (non-hydrogen) atoms. The van der Waals surface area contributed by atoms with E-state index in [2.05, 4.69) is 21.9 Å². The summed E-state index contributed by atoms with van der Waals surface area (Å²) >= 11 is 0. The van der Waals surface area contributed by atoms with Crippen LogP contribution in [0.1, 0.15) is 16.7 Å². The van der Waals surface area contributed by atoms with E-state index in [9.17, 15) is 8.42 Å². The molecule has 6 rings (SSSR count). The molecule has 0 saturated carbocycles. The van der Waals surface area contributed by atoms with Gasteiger partial charge < -0.3 is 14.4 Å². The highest BCUT2D eigenvalue weighted by atomic mass is 32.2. The summed E-state index contributed by atoms with van der Waals surface area (Å²) in [5.74, 6) is 1.45. The summed E-state index contributed by atoms with van der Waals surface area (Å²) in [5.41, 5.74) is 3.94. The van der Waals surface area contributed by atoms with Gasteiger partial charge in [-0.25, -0.2) is 8.42 Å². The number of benzene rings is 4. The topological polar surface area (TPSA) is 59.1 Å². The first-order chi connectivity index (χ1) is 17.6. The Morgan fingerprint density at radius 1 is 0.667 bits per heavy atom. The van der Waals surface area contributed by atoms with Crippen molar-refractivity contribution in [3.63, 3.8) is 0 Å². The van der Waals surface area contributed by atoms with Crippen molar-refractivity contribution in [2.45, 2.75) is 29.4 Å². The third-order valence-corrected chi connectivity index (χ3v) is 8.34. The Morgan fingerprint density at radius 3 is 1.92 bits per heavy atom. The molecule has 2 aliphatic heterocycles. The predicted molar refractivity (Wildman–Crippen MR) is 138 cm³/mol. The molecule has 4 aromatic carbocycles. The Kier molecular flexibility index (Phi) is 5.87. The van der Waals surface area contributed by atoms with Crippen LogP contribution in [0.25, 0.3) is 0 Å². The Labute approximate surface area is 211 Å². The lowest BCUT2D eigenvalue weighted by molar-refractivity contribution is 0.0885. The highest BCUT2D eigenvalue weighted by Crippen LogP contribution is 2.34. The lowest BCUT2D eigenvalue weighted by Crippen LogP contribution is -2.32. The van der Waals surface area contributed by atoms with Crippen molar-refractivity contribution in [3.8, 4) is 11.5 Å².